The number of carboxylic acids is 1. The van der Waals surface area contributed by atoms with Gasteiger partial charge in [0.05, 0.1) is 17.5 Å². The fraction of sp³-hybridized carbons (Fsp3) is 0.500. The van der Waals surface area contributed by atoms with Crippen molar-refractivity contribution in [3.05, 3.63) is 29.8 Å². The summed E-state index contributed by atoms with van der Waals surface area (Å²) in [6.07, 6.45) is 1.28. The van der Waals surface area contributed by atoms with Gasteiger partial charge in [0.1, 0.15) is 0 Å². The number of primary sulfonamides is 1. The zero-order valence-electron chi connectivity index (χ0n) is 14.4. The van der Waals surface area contributed by atoms with Crippen LogP contribution in [0.3, 0.4) is 0 Å². The summed E-state index contributed by atoms with van der Waals surface area (Å²) in [5, 5.41) is 16.7. The van der Waals surface area contributed by atoms with Crippen LogP contribution in [0.5, 0.6) is 0 Å². The summed E-state index contributed by atoms with van der Waals surface area (Å²) in [7, 11) is -3.71. The van der Waals surface area contributed by atoms with E-state index in [0.717, 1.165) is 12.0 Å². The number of carbonyl (C=O) groups excluding carboxylic acids is 1. The van der Waals surface area contributed by atoms with Crippen LogP contribution in [0.2, 0.25) is 0 Å². The first-order chi connectivity index (χ1) is 11.6. The van der Waals surface area contributed by atoms with Crippen molar-refractivity contribution in [1.82, 2.24) is 10.2 Å². The van der Waals surface area contributed by atoms with Crippen molar-refractivity contribution in [3.63, 3.8) is 0 Å². The lowest BCUT2D eigenvalue weighted by Crippen LogP contribution is -2.47. The Balaban J connectivity index is 2.53. The van der Waals surface area contributed by atoms with E-state index in [1.807, 2.05) is 6.92 Å². The van der Waals surface area contributed by atoms with Crippen LogP contribution in [0.15, 0.2) is 29.2 Å². The fourth-order valence-electron chi connectivity index (χ4n) is 2.36. The maximum atomic E-state index is 12.2. The fourth-order valence-corrected chi connectivity index (χ4v) is 2.88. The van der Waals surface area contributed by atoms with Crippen LogP contribution >= 0.6 is 0 Å². The van der Waals surface area contributed by atoms with Crippen LogP contribution in [-0.2, 0) is 26.0 Å². The molecule has 1 atom stereocenters. The van der Waals surface area contributed by atoms with Crippen molar-refractivity contribution in [2.45, 2.75) is 37.6 Å². The molecule has 0 saturated carbocycles. The van der Waals surface area contributed by atoms with Gasteiger partial charge in [-0.15, -0.1) is 0 Å². The Morgan fingerprint density at radius 1 is 1.28 bits per heavy atom. The van der Waals surface area contributed by atoms with Gasteiger partial charge in [-0.05, 0) is 44.0 Å². The third-order valence-corrected chi connectivity index (χ3v) is 4.67. The number of sulfonamides is 1. The van der Waals surface area contributed by atoms with Crippen molar-refractivity contribution in [3.8, 4) is 0 Å². The minimum absolute atomic E-state index is 0.0396. The second kappa shape index (κ2) is 9.50. The first-order valence-electron chi connectivity index (χ1n) is 8.00. The number of amides is 1. The number of aliphatic carboxylic acids is 1. The summed E-state index contributed by atoms with van der Waals surface area (Å²) in [4.78, 5) is 24.7. The number of carboxylic acid groups (broad SMARTS) is 1. The first kappa shape index (κ1) is 21.1. The maximum absolute atomic E-state index is 12.2. The van der Waals surface area contributed by atoms with E-state index in [1.54, 1.807) is 24.0 Å². The molecule has 0 aromatic heterocycles. The largest absolute Gasteiger partial charge is 0.480 e. The average Bonchev–Trinajstić information content (AvgIpc) is 2.53. The molecule has 0 aliphatic rings. The van der Waals surface area contributed by atoms with Gasteiger partial charge in [-0.25, -0.2) is 13.6 Å². The highest BCUT2D eigenvalue weighted by Crippen LogP contribution is 2.09. The molecule has 1 unspecified atom stereocenters. The Morgan fingerprint density at radius 2 is 1.88 bits per heavy atom. The summed E-state index contributed by atoms with van der Waals surface area (Å²) in [5.74, 6) is -1.21. The number of hydrogen-bond acceptors (Lipinski definition) is 5. The van der Waals surface area contributed by atoms with E-state index in [4.69, 9.17) is 10.2 Å². The Kier molecular flexibility index (Phi) is 8.01. The van der Waals surface area contributed by atoms with Gasteiger partial charge >= 0.3 is 5.97 Å². The van der Waals surface area contributed by atoms with Crippen LogP contribution in [0, 0.1) is 0 Å². The number of hydrogen-bond donors (Lipinski definition) is 3. The minimum atomic E-state index is -3.71. The summed E-state index contributed by atoms with van der Waals surface area (Å²) in [6.45, 7) is 4.30. The predicted octanol–water partition coefficient (Wildman–Crippen LogP) is 0.178. The van der Waals surface area contributed by atoms with Crippen LogP contribution < -0.4 is 10.5 Å². The van der Waals surface area contributed by atoms with Gasteiger partial charge in [-0.2, -0.15) is 0 Å². The third kappa shape index (κ3) is 7.20. The molecular weight excluding hydrogens is 346 g/mol. The second-order valence-electron chi connectivity index (χ2n) is 5.77. The zero-order valence-corrected chi connectivity index (χ0v) is 15.3. The molecule has 0 aliphatic carbocycles. The Bertz CT molecular complexity index is 688. The molecule has 1 aromatic carbocycles. The van der Waals surface area contributed by atoms with Crippen molar-refractivity contribution in [1.29, 1.82) is 0 Å². The smallest absolute Gasteiger partial charge is 0.317 e. The summed E-state index contributed by atoms with van der Waals surface area (Å²) in [6, 6.07) is 5.59. The molecule has 0 heterocycles. The molecule has 1 aromatic rings. The lowest BCUT2D eigenvalue weighted by atomic mass is 10.1. The van der Waals surface area contributed by atoms with E-state index in [1.165, 1.54) is 12.1 Å². The van der Waals surface area contributed by atoms with Crippen molar-refractivity contribution in [2.75, 3.05) is 19.6 Å². The monoisotopic (exact) mass is 371 g/mol. The summed E-state index contributed by atoms with van der Waals surface area (Å²) >= 11 is 0. The molecule has 0 aliphatic heterocycles. The van der Waals surface area contributed by atoms with Crippen molar-refractivity contribution < 1.29 is 23.1 Å². The molecule has 0 spiro atoms. The van der Waals surface area contributed by atoms with Crippen molar-refractivity contribution in [2.24, 2.45) is 5.14 Å². The van der Waals surface area contributed by atoms with Gasteiger partial charge < -0.3 is 10.4 Å². The number of nitrogens with two attached hydrogens (primary N) is 1. The van der Waals surface area contributed by atoms with E-state index < -0.39 is 22.0 Å². The first-order valence-corrected chi connectivity index (χ1v) is 9.55. The van der Waals surface area contributed by atoms with Gasteiger partial charge in [0.2, 0.25) is 15.9 Å². The van der Waals surface area contributed by atoms with E-state index >= 15 is 0 Å². The van der Waals surface area contributed by atoms with E-state index in [9.17, 15) is 18.0 Å². The highest BCUT2D eigenvalue weighted by molar-refractivity contribution is 7.89. The SMILES string of the molecule is CCCN(CC(=O)O)C(C)C(=O)NCCc1ccc(S(N)(=O)=O)cc1. The molecule has 1 rings (SSSR count). The lowest BCUT2D eigenvalue weighted by molar-refractivity contribution is -0.139. The molecule has 1 amide bonds. The number of rotatable bonds is 10. The Labute approximate surface area is 148 Å². The highest BCUT2D eigenvalue weighted by Gasteiger charge is 2.22. The number of benzene rings is 1. The maximum Gasteiger partial charge on any atom is 0.317 e. The van der Waals surface area contributed by atoms with Crippen LogP contribution in [0.1, 0.15) is 25.8 Å². The molecule has 140 valence electrons. The normalized spacial score (nSPS) is 12.8. The summed E-state index contributed by atoms with van der Waals surface area (Å²) < 4.78 is 22.4. The molecule has 9 heteroatoms. The van der Waals surface area contributed by atoms with Gasteiger partial charge in [-0.3, -0.25) is 14.5 Å². The van der Waals surface area contributed by atoms with Gasteiger partial charge in [0.25, 0.3) is 0 Å². The zero-order chi connectivity index (χ0) is 19.0. The Hall–Kier alpha value is -1.97. The van der Waals surface area contributed by atoms with Gasteiger partial charge in [0.15, 0.2) is 0 Å². The molecule has 8 nitrogen and oxygen atoms in total. The van der Waals surface area contributed by atoms with E-state index in [-0.39, 0.29) is 17.3 Å². The van der Waals surface area contributed by atoms with Crippen LogP contribution in [-0.4, -0.2) is 56.0 Å². The van der Waals surface area contributed by atoms with Crippen LogP contribution in [0.4, 0.5) is 0 Å². The molecule has 0 radical (unpaired) electrons. The Morgan fingerprint density at radius 3 is 2.36 bits per heavy atom. The molecule has 0 saturated heterocycles. The molecule has 4 N–H and O–H groups in total. The quantitative estimate of drug-likeness (QED) is 0.538. The second-order valence-corrected chi connectivity index (χ2v) is 7.33. The summed E-state index contributed by atoms with van der Waals surface area (Å²) in [5.41, 5.74) is 0.858. The molecule has 25 heavy (non-hydrogen) atoms. The molecule has 0 fully saturated rings. The number of carbonyl (C=O) groups is 2. The number of nitrogens with zero attached hydrogens (tertiary/aromatic N) is 1. The van der Waals surface area contributed by atoms with Gasteiger partial charge in [0, 0.05) is 6.54 Å². The lowest BCUT2D eigenvalue weighted by Gasteiger charge is -2.26. The van der Waals surface area contributed by atoms with Crippen LogP contribution in [0.25, 0.3) is 0 Å². The van der Waals surface area contributed by atoms with E-state index in [0.29, 0.717) is 19.5 Å². The van der Waals surface area contributed by atoms with Crippen molar-refractivity contribution >= 4 is 21.9 Å². The molecular formula is C16H25N3O5S. The molecule has 0 bridgehead atoms. The predicted molar refractivity (Wildman–Crippen MR) is 93.5 cm³/mol. The topological polar surface area (TPSA) is 130 Å². The standard InChI is InChI=1S/C16H25N3O5S/c1-3-10-19(11-15(20)21)12(2)16(22)18-9-8-13-4-6-14(7-5-13)25(17,23)24/h4-7,12H,3,8-11H2,1-2H3,(H,18,22)(H,20,21)(H2,17,23,24). The highest BCUT2D eigenvalue weighted by atomic mass is 32.2. The number of nitrogens with one attached hydrogen (secondary N) is 1. The average molecular weight is 371 g/mol. The third-order valence-electron chi connectivity index (χ3n) is 3.74. The van der Waals surface area contributed by atoms with Gasteiger partial charge in [-0.1, -0.05) is 19.1 Å². The van der Waals surface area contributed by atoms with E-state index in [2.05, 4.69) is 5.32 Å². The minimum Gasteiger partial charge on any atom is -0.480 e.